The molecule has 0 unspecified atom stereocenters. The molecule has 0 aliphatic heterocycles. The summed E-state index contributed by atoms with van der Waals surface area (Å²) in [7, 11) is 0. The Morgan fingerprint density at radius 3 is 2.61 bits per heavy atom. The summed E-state index contributed by atoms with van der Waals surface area (Å²) in [5.74, 6) is -0.287. The third-order valence-corrected chi connectivity index (χ3v) is 3.97. The summed E-state index contributed by atoms with van der Waals surface area (Å²) in [6.07, 6.45) is -1.47. The number of hydrogen-bond donors (Lipinski definition) is 2. The molecular weight excluding hydrogens is 311 g/mol. The molecule has 0 saturated heterocycles. The monoisotopic (exact) mass is 331 g/mol. The van der Waals surface area contributed by atoms with Crippen molar-refractivity contribution in [3.8, 4) is 5.75 Å². The van der Waals surface area contributed by atoms with E-state index in [-0.39, 0.29) is 18.1 Å². The number of ether oxygens (including phenoxy) is 1. The number of aliphatic hydroxyl groups is 1. The largest absolute Gasteiger partial charge is 0.484 e. The van der Waals surface area contributed by atoms with Gasteiger partial charge >= 0.3 is 6.18 Å². The fourth-order valence-corrected chi connectivity index (χ4v) is 2.77. The van der Waals surface area contributed by atoms with Crippen molar-refractivity contribution in [1.82, 2.24) is 0 Å². The van der Waals surface area contributed by atoms with Gasteiger partial charge in [0.25, 0.3) is 0 Å². The number of hydrogen-bond acceptors (Lipinski definition) is 3. The zero-order valence-electron chi connectivity index (χ0n) is 12.9. The first kappa shape index (κ1) is 17.6. The first-order valence-electron chi connectivity index (χ1n) is 7.50. The zero-order valence-corrected chi connectivity index (χ0v) is 12.9. The molecule has 1 aliphatic rings. The third-order valence-electron chi connectivity index (χ3n) is 3.97. The van der Waals surface area contributed by atoms with Gasteiger partial charge in [0, 0.05) is 11.3 Å². The van der Waals surface area contributed by atoms with Gasteiger partial charge < -0.3 is 15.2 Å². The topological polar surface area (TPSA) is 58.6 Å². The summed E-state index contributed by atoms with van der Waals surface area (Å²) in [6, 6.07) is 4.52. The molecular formula is C16H20F3NO3. The van der Waals surface area contributed by atoms with Crippen molar-refractivity contribution >= 4 is 11.6 Å². The fourth-order valence-electron chi connectivity index (χ4n) is 2.77. The van der Waals surface area contributed by atoms with Crippen LogP contribution in [-0.2, 0) is 4.79 Å². The second kappa shape index (κ2) is 6.78. The average molecular weight is 331 g/mol. The minimum absolute atomic E-state index is 0.0138. The van der Waals surface area contributed by atoms with Crippen molar-refractivity contribution in [2.24, 2.45) is 0 Å². The summed E-state index contributed by atoms with van der Waals surface area (Å²) in [6.45, 7) is 0.191. The molecule has 1 fully saturated rings. The minimum Gasteiger partial charge on any atom is -0.484 e. The molecule has 2 rings (SSSR count). The highest BCUT2D eigenvalue weighted by Gasteiger charge is 2.33. The summed E-state index contributed by atoms with van der Waals surface area (Å²) >= 11 is 0. The SMILES string of the molecule is Cc1c(NC(=O)CC2(O)CCCC2)cccc1OCC(F)(F)F. The molecule has 1 aliphatic carbocycles. The van der Waals surface area contributed by atoms with Crippen LogP contribution in [0.5, 0.6) is 5.75 Å². The highest BCUT2D eigenvalue weighted by Crippen LogP contribution is 2.33. The minimum atomic E-state index is -4.42. The second-order valence-corrected chi connectivity index (χ2v) is 5.99. The van der Waals surface area contributed by atoms with Gasteiger partial charge in [0.15, 0.2) is 6.61 Å². The van der Waals surface area contributed by atoms with Crippen LogP contribution in [0.2, 0.25) is 0 Å². The lowest BCUT2D eigenvalue weighted by molar-refractivity contribution is -0.153. The number of nitrogens with one attached hydrogen (secondary N) is 1. The number of rotatable bonds is 5. The maximum atomic E-state index is 12.2. The molecule has 2 N–H and O–H groups in total. The van der Waals surface area contributed by atoms with Crippen LogP contribution in [0.4, 0.5) is 18.9 Å². The first-order chi connectivity index (χ1) is 10.7. The standard InChI is InChI=1S/C16H20F3NO3/c1-11-12(5-4-6-13(11)23-10-16(17,18)19)20-14(21)9-15(22)7-2-3-8-15/h4-6,22H,2-3,7-10H2,1H3,(H,20,21). The number of anilines is 1. The van der Waals surface area contributed by atoms with Crippen molar-refractivity contribution in [1.29, 1.82) is 0 Å². The van der Waals surface area contributed by atoms with Gasteiger partial charge in [0.2, 0.25) is 5.91 Å². The van der Waals surface area contributed by atoms with Crippen molar-refractivity contribution < 1.29 is 27.8 Å². The fraction of sp³-hybridized carbons (Fsp3) is 0.562. The van der Waals surface area contributed by atoms with E-state index < -0.39 is 18.4 Å². The van der Waals surface area contributed by atoms with E-state index in [1.807, 2.05) is 0 Å². The lowest BCUT2D eigenvalue weighted by atomic mass is 9.97. The summed E-state index contributed by atoms with van der Waals surface area (Å²) in [5, 5.41) is 12.9. The molecule has 128 valence electrons. The number of carbonyl (C=O) groups is 1. The van der Waals surface area contributed by atoms with Gasteiger partial charge in [-0.1, -0.05) is 18.9 Å². The van der Waals surface area contributed by atoms with Crippen LogP contribution < -0.4 is 10.1 Å². The van der Waals surface area contributed by atoms with E-state index in [9.17, 15) is 23.1 Å². The smallest absolute Gasteiger partial charge is 0.422 e. The lowest BCUT2D eigenvalue weighted by Gasteiger charge is -2.21. The Bertz CT molecular complexity index is 566. The Morgan fingerprint density at radius 1 is 1.35 bits per heavy atom. The Balaban J connectivity index is 2.01. The second-order valence-electron chi connectivity index (χ2n) is 5.99. The van der Waals surface area contributed by atoms with Gasteiger partial charge in [0.05, 0.1) is 12.0 Å². The molecule has 4 nitrogen and oxygen atoms in total. The highest BCUT2D eigenvalue weighted by atomic mass is 19.4. The van der Waals surface area contributed by atoms with Gasteiger partial charge in [-0.3, -0.25) is 4.79 Å². The molecule has 0 heterocycles. The van der Waals surface area contributed by atoms with E-state index in [1.165, 1.54) is 12.1 Å². The highest BCUT2D eigenvalue weighted by molar-refractivity contribution is 5.92. The lowest BCUT2D eigenvalue weighted by Crippen LogP contribution is -2.30. The van der Waals surface area contributed by atoms with Crippen LogP contribution in [0.1, 0.15) is 37.7 Å². The van der Waals surface area contributed by atoms with Crippen LogP contribution in [-0.4, -0.2) is 29.4 Å². The predicted octanol–water partition coefficient (Wildman–Crippen LogP) is 3.57. The third kappa shape index (κ3) is 5.13. The maximum Gasteiger partial charge on any atom is 0.422 e. The van der Waals surface area contributed by atoms with Gasteiger partial charge in [-0.05, 0) is 31.9 Å². The number of amides is 1. The van der Waals surface area contributed by atoms with Crippen LogP contribution in [0.3, 0.4) is 0 Å². The summed E-state index contributed by atoms with van der Waals surface area (Å²) in [4.78, 5) is 12.1. The Labute approximate surface area is 132 Å². The molecule has 1 amide bonds. The molecule has 0 atom stereocenters. The number of benzene rings is 1. The quantitative estimate of drug-likeness (QED) is 0.867. The molecule has 23 heavy (non-hydrogen) atoms. The van der Waals surface area contributed by atoms with E-state index in [0.29, 0.717) is 24.1 Å². The Kier molecular flexibility index (Phi) is 5.19. The zero-order chi connectivity index (χ0) is 17.1. The van der Waals surface area contributed by atoms with E-state index in [0.717, 1.165) is 12.8 Å². The molecule has 0 aromatic heterocycles. The van der Waals surface area contributed by atoms with Crippen LogP contribution in [0, 0.1) is 6.92 Å². The normalized spacial score (nSPS) is 17.1. The van der Waals surface area contributed by atoms with E-state index in [2.05, 4.69) is 5.32 Å². The Morgan fingerprint density at radius 2 is 2.00 bits per heavy atom. The van der Waals surface area contributed by atoms with Crippen molar-refractivity contribution in [2.75, 3.05) is 11.9 Å². The molecule has 0 spiro atoms. The molecule has 1 aromatic carbocycles. The molecule has 1 aromatic rings. The average Bonchev–Trinajstić information content (AvgIpc) is 2.85. The van der Waals surface area contributed by atoms with Gasteiger partial charge in [-0.2, -0.15) is 13.2 Å². The number of halogens is 3. The predicted molar refractivity (Wildman–Crippen MR) is 79.4 cm³/mol. The van der Waals surface area contributed by atoms with Crippen LogP contribution in [0.25, 0.3) is 0 Å². The number of alkyl halides is 3. The van der Waals surface area contributed by atoms with Gasteiger partial charge in [0.1, 0.15) is 5.75 Å². The molecule has 1 saturated carbocycles. The maximum absolute atomic E-state index is 12.2. The molecule has 0 bridgehead atoms. The van der Waals surface area contributed by atoms with E-state index >= 15 is 0 Å². The van der Waals surface area contributed by atoms with Crippen molar-refractivity contribution in [2.45, 2.75) is 50.8 Å². The van der Waals surface area contributed by atoms with Crippen molar-refractivity contribution in [3.63, 3.8) is 0 Å². The van der Waals surface area contributed by atoms with Crippen molar-refractivity contribution in [3.05, 3.63) is 23.8 Å². The molecule has 0 radical (unpaired) electrons. The molecule has 7 heteroatoms. The summed E-state index contributed by atoms with van der Waals surface area (Å²) < 4.78 is 41.4. The van der Waals surface area contributed by atoms with E-state index in [4.69, 9.17) is 4.74 Å². The first-order valence-corrected chi connectivity index (χ1v) is 7.50. The van der Waals surface area contributed by atoms with Gasteiger partial charge in [-0.15, -0.1) is 0 Å². The van der Waals surface area contributed by atoms with Crippen LogP contribution in [0.15, 0.2) is 18.2 Å². The number of carbonyl (C=O) groups excluding carboxylic acids is 1. The van der Waals surface area contributed by atoms with Crippen LogP contribution >= 0.6 is 0 Å². The summed E-state index contributed by atoms with van der Waals surface area (Å²) in [5.41, 5.74) is -0.165. The van der Waals surface area contributed by atoms with E-state index in [1.54, 1.807) is 13.0 Å². The van der Waals surface area contributed by atoms with Gasteiger partial charge in [-0.25, -0.2) is 0 Å². The Hall–Kier alpha value is -1.76.